The van der Waals surface area contributed by atoms with Gasteiger partial charge in [-0.3, -0.25) is 0 Å². The Hall–Kier alpha value is -1.09. The van der Waals surface area contributed by atoms with Crippen molar-refractivity contribution in [1.29, 1.82) is 0 Å². The quantitative estimate of drug-likeness (QED) is 0.745. The van der Waals surface area contributed by atoms with Crippen LogP contribution in [0.3, 0.4) is 0 Å². The van der Waals surface area contributed by atoms with Gasteiger partial charge >= 0.3 is 0 Å². The molecule has 1 aliphatic rings. The molecule has 1 saturated heterocycles. The summed E-state index contributed by atoms with van der Waals surface area (Å²) in [4.78, 5) is 0. The van der Waals surface area contributed by atoms with Crippen LogP contribution in [0.2, 0.25) is 0 Å². The average molecular weight is 209 g/mol. The average Bonchev–Trinajstić information content (AvgIpc) is 2.25. The van der Waals surface area contributed by atoms with Crippen molar-refractivity contribution in [3.63, 3.8) is 0 Å². The summed E-state index contributed by atoms with van der Waals surface area (Å²) in [5.41, 5.74) is 1.19. The fourth-order valence-electron chi connectivity index (χ4n) is 2.06. The molecule has 1 unspecified atom stereocenters. The summed E-state index contributed by atoms with van der Waals surface area (Å²) >= 11 is 0. The molecule has 0 spiro atoms. The minimum absolute atomic E-state index is 0.0604. The molecule has 2 nitrogen and oxygen atoms in total. The number of rotatable bonds is 1. The Kier molecular flexibility index (Phi) is 2.91. The van der Waals surface area contributed by atoms with Crippen molar-refractivity contribution in [2.45, 2.75) is 32.2 Å². The third kappa shape index (κ3) is 2.12. The van der Waals surface area contributed by atoms with Gasteiger partial charge in [0, 0.05) is 11.6 Å². The highest BCUT2D eigenvalue weighted by Crippen LogP contribution is 2.29. The molecule has 2 rings (SSSR count). The number of benzene rings is 1. The van der Waals surface area contributed by atoms with E-state index in [9.17, 15) is 9.50 Å². The molecule has 0 aliphatic carbocycles. The number of hydrogen-bond donors (Lipinski definition) is 2. The van der Waals surface area contributed by atoms with E-state index >= 15 is 0 Å². The lowest BCUT2D eigenvalue weighted by molar-refractivity contribution is 0.395. The minimum atomic E-state index is -0.218. The molecule has 1 aliphatic heterocycles. The molecular formula is C12H16FNO. The largest absolute Gasteiger partial charge is 0.508 e. The normalized spacial score (nSPS) is 21.6. The molecule has 0 bridgehead atoms. The van der Waals surface area contributed by atoms with E-state index in [-0.39, 0.29) is 17.6 Å². The molecule has 0 saturated carbocycles. The third-order valence-electron chi connectivity index (χ3n) is 3.00. The van der Waals surface area contributed by atoms with Gasteiger partial charge in [0.05, 0.1) is 0 Å². The zero-order valence-corrected chi connectivity index (χ0v) is 8.89. The van der Waals surface area contributed by atoms with Gasteiger partial charge in [-0.2, -0.15) is 0 Å². The van der Waals surface area contributed by atoms with Crippen molar-refractivity contribution in [2.75, 3.05) is 6.54 Å². The molecule has 1 heterocycles. The Morgan fingerprint density at radius 3 is 2.87 bits per heavy atom. The molecule has 82 valence electrons. The number of phenols is 1. The second kappa shape index (κ2) is 4.19. The predicted octanol–water partition coefficient (Wildman–Crippen LogP) is 2.65. The molecule has 1 aromatic carbocycles. The summed E-state index contributed by atoms with van der Waals surface area (Å²) in [6.45, 7) is 2.63. The topological polar surface area (TPSA) is 32.3 Å². The van der Waals surface area contributed by atoms with Crippen LogP contribution in [0.1, 0.15) is 36.4 Å². The van der Waals surface area contributed by atoms with Crippen LogP contribution < -0.4 is 5.32 Å². The van der Waals surface area contributed by atoms with Crippen molar-refractivity contribution in [3.8, 4) is 5.75 Å². The molecule has 1 fully saturated rings. The second-order valence-corrected chi connectivity index (χ2v) is 4.16. The Labute approximate surface area is 89.1 Å². The standard InChI is InChI=1S/C12H16FNO/c1-8-6-10(13)9(7-12(8)15)11-4-2-3-5-14-11/h6-7,11,14-15H,2-5H2,1H3. The molecular weight excluding hydrogens is 193 g/mol. The van der Waals surface area contributed by atoms with Crippen molar-refractivity contribution in [1.82, 2.24) is 5.32 Å². The molecule has 2 N–H and O–H groups in total. The zero-order chi connectivity index (χ0) is 10.8. The van der Waals surface area contributed by atoms with Crippen LogP contribution in [0, 0.1) is 12.7 Å². The summed E-state index contributed by atoms with van der Waals surface area (Å²) in [5, 5.41) is 12.8. The number of hydrogen-bond acceptors (Lipinski definition) is 2. The smallest absolute Gasteiger partial charge is 0.128 e. The molecule has 0 radical (unpaired) electrons. The van der Waals surface area contributed by atoms with E-state index < -0.39 is 0 Å². The SMILES string of the molecule is Cc1cc(F)c(C2CCCCN2)cc1O. The summed E-state index contributed by atoms with van der Waals surface area (Å²) in [6.07, 6.45) is 3.21. The Morgan fingerprint density at radius 2 is 2.20 bits per heavy atom. The Bertz CT molecular complexity index is 359. The van der Waals surface area contributed by atoms with E-state index in [0.717, 1.165) is 25.8 Å². The number of aryl methyl sites for hydroxylation is 1. The maximum atomic E-state index is 13.7. The van der Waals surface area contributed by atoms with Crippen LogP contribution in [0.15, 0.2) is 12.1 Å². The lowest BCUT2D eigenvalue weighted by Crippen LogP contribution is -2.27. The van der Waals surface area contributed by atoms with Crippen LogP contribution >= 0.6 is 0 Å². The van der Waals surface area contributed by atoms with Crippen LogP contribution in [0.4, 0.5) is 4.39 Å². The maximum absolute atomic E-state index is 13.7. The second-order valence-electron chi connectivity index (χ2n) is 4.16. The number of aromatic hydroxyl groups is 1. The lowest BCUT2D eigenvalue weighted by atomic mass is 9.96. The van der Waals surface area contributed by atoms with E-state index in [0.29, 0.717) is 11.1 Å². The number of halogens is 1. The van der Waals surface area contributed by atoms with Gasteiger partial charge < -0.3 is 10.4 Å². The van der Waals surface area contributed by atoms with Crippen LogP contribution in [-0.2, 0) is 0 Å². The van der Waals surface area contributed by atoms with E-state index in [1.54, 1.807) is 13.0 Å². The number of piperidine rings is 1. The van der Waals surface area contributed by atoms with Gasteiger partial charge in [-0.05, 0) is 44.0 Å². The number of nitrogens with one attached hydrogen (secondary N) is 1. The van der Waals surface area contributed by atoms with Crippen molar-refractivity contribution in [3.05, 3.63) is 29.1 Å². The van der Waals surface area contributed by atoms with Gasteiger partial charge in [-0.25, -0.2) is 4.39 Å². The van der Waals surface area contributed by atoms with Gasteiger partial charge in [0.15, 0.2) is 0 Å². The third-order valence-corrected chi connectivity index (χ3v) is 3.00. The van der Waals surface area contributed by atoms with Gasteiger partial charge in [0.1, 0.15) is 11.6 Å². The predicted molar refractivity (Wildman–Crippen MR) is 57.4 cm³/mol. The van der Waals surface area contributed by atoms with E-state index in [1.165, 1.54) is 6.07 Å². The number of phenolic OH excluding ortho intramolecular Hbond substituents is 1. The zero-order valence-electron chi connectivity index (χ0n) is 8.89. The first-order valence-electron chi connectivity index (χ1n) is 5.41. The highest BCUT2D eigenvalue weighted by molar-refractivity contribution is 5.38. The van der Waals surface area contributed by atoms with E-state index in [1.807, 2.05) is 0 Å². The summed E-state index contributed by atoms with van der Waals surface area (Å²) in [6, 6.07) is 3.01. The fourth-order valence-corrected chi connectivity index (χ4v) is 2.06. The molecule has 1 aromatic rings. The highest BCUT2D eigenvalue weighted by atomic mass is 19.1. The van der Waals surface area contributed by atoms with Crippen LogP contribution in [-0.4, -0.2) is 11.7 Å². The molecule has 1 atom stereocenters. The van der Waals surface area contributed by atoms with Crippen molar-refractivity contribution >= 4 is 0 Å². The van der Waals surface area contributed by atoms with Crippen molar-refractivity contribution in [2.24, 2.45) is 0 Å². The molecule has 3 heteroatoms. The van der Waals surface area contributed by atoms with Gasteiger partial charge in [0.25, 0.3) is 0 Å². The van der Waals surface area contributed by atoms with Crippen molar-refractivity contribution < 1.29 is 9.50 Å². The summed E-state index contributed by atoms with van der Waals surface area (Å²) in [5.74, 6) is -0.0385. The summed E-state index contributed by atoms with van der Waals surface area (Å²) < 4.78 is 13.7. The van der Waals surface area contributed by atoms with E-state index in [4.69, 9.17) is 0 Å². The molecule has 15 heavy (non-hydrogen) atoms. The Morgan fingerprint density at radius 1 is 1.40 bits per heavy atom. The first-order valence-corrected chi connectivity index (χ1v) is 5.41. The fraction of sp³-hybridized carbons (Fsp3) is 0.500. The van der Waals surface area contributed by atoms with Gasteiger partial charge in [-0.15, -0.1) is 0 Å². The highest BCUT2D eigenvalue weighted by Gasteiger charge is 2.19. The summed E-state index contributed by atoms with van der Waals surface area (Å²) in [7, 11) is 0. The van der Waals surface area contributed by atoms with Gasteiger partial charge in [0.2, 0.25) is 0 Å². The molecule has 0 amide bonds. The monoisotopic (exact) mass is 209 g/mol. The Balaban J connectivity index is 2.30. The first-order chi connectivity index (χ1) is 7.18. The van der Waals surface area contributed by atoms with E-state index in [2.05, 4.69) is 5.32 Å². The lowest BCUT2D eigenvalue weighted by Gasteiger charge is -2.24. The first kappa shape index (κ1) is 10.4. The van der Waals surface area contributed by atoms with Gasteiger partial charge in [-0.1, -0.05) is 6.42 Å². The molecule has 0 aromatic heterocycles. The van der Waals surface area contributed by atoms with Crippen LogP contribution in [0.25, 0.3) is 0 Å². The minimum Gasteiger partial charge on any atom is -0.508 e. The van der Waals surface area contributed by atoms with Crippen LogP contribution in [0.5, 0.6) is 5.75 Å². The maximum Gasteiger partial charge on any atom is 0.128 e.